The number of likely N-dealkylation sites (N-methyl/N-ethyl adjacent to an activating group) is 1. The molecule has 11 nitrogen and oxygen atoms in total. The second-order valence-corrected chi connectivity index (χ2v) is 16.1. The highest BCUT2D eigenvalue weighted by Gasteiger charge is 2.27. The number of para-hydroxylation sites is 1. The molecular weight excluding hydrogens is 625 g/mol. The number of benzene rings is 3. The molecule has 0 bridgehead atoms. The number of ether oxygens (including phenoxy) is 1. The van der Waals surface area contributed by atoms with Crippen LogP contribution in [0.5, 0.6) is 11.5 Å². The van der Waals surface area contributed by atoms with Crippen LogP contribution in [0.3, 0.4) is 0 Å². The van der Waals surface area contributed by atoms with Gasteiger partial charge in [-0.25, -0.2) is 4.98 Å². The first-order valence-electron chi connectivity index (χ1n) is 16.3. The molecule has 0 unspecified atom stereocenters. The van der Waals surface area contributed by atoms with E-state index in [0.29, 0.717) is 57.6 Å². The van der Waals surface area contributed by atoms with Crippen LogP contribution in [-0.4, -0.2) is 104 Å². The van der Waals surface area contributed by atoms with E-state index in [9.17, 15) is 14.5 Å². The number of carbonyl (C=O) groups excluding carboxylic acids is 1. The van der Waals surface area contributed by atoms with Crippen molar-refractivity contribution in [2.45, 2.75) is 18.9 Å². The SMILES string of the molecule is COc1cc(N2CCC(N3CCN(C)CC3)CC2)ccc1Nc1ncc(-c2ccc(O)c(C=O)c2)c(Nc2ccccc2P(C)(C)=O)n1. The van der Waals surface area contributed by atoms with E-state index in [4.69, 9.17) is 9.72 Å². The number of carbonyl (C=O) groups is 1. The molecule has 2 fully saturated rings. The topological polar surface area (TPSA) is 123 Å². The third kappa shape index (κ3) is 7.49. The number of aldehydes is 1. The summed E-state index contributed by atoms with van der Waals surface area (Å²) in [5.41, 5.74) is 3.88. The molecule has 1 aromatic heterocycles. The van der Waals surface area contributed by atoms with Crippen molar-refractivity contribution in [3.63, 3.8) is 0 Å². The molecule has 0 atom stereocenters. The lowest BCUT2D eigenvalue weighted by molar-refractivity contribution is 0.0982. The summed E-state index contributed by atoms with van der Waals surface area (Å²) in [6.45, 7) is 10.0. The number of hydrogen-bond acceptors (Lipinski definition) is 11. The predicted octanol–water partition coefficient (Wildman–Crippen LogP) is 5.62. The monoisotopic (exact) mass is 669 g/mol. The van der Waals surface area contributed by atoms with Gasteiger partial charge in [0.25, 0.3) is 0 Å². The molecule has 0 amide bonds. The van der Waals surface area contributed by atoms with Crippen LogP contribution >= 0.6 is 7.14 Å². The van der Waals surface area contributed by atoms with Gasteiger partial charge in [0, 0.05) is 74.1 Å². The summed E-state index contributed by atoms with van der Waals surface area (Å²) in [7, 11) is 1.22. The highest BCUT2D eigenvalue weighted by molar-refractivity contribution is 7.70. The van der Waals surface area contributed by atoms with Crippen molar-refractivity contribution in [1.29, 1.82) is 0 Å². The van der Waals surface area contributed by atoms with Crippen LogP contribution in [0.15, 0.2) is 66.9 Å². The van der Waals surface area contributed by atoms with E-state index in [-0.39, 0.29) is 11.3 Å². The van der Waals surface area contributed by atoms with E-state index in [2.05, 4.69) is 49.5 Å². The maximum atomic E-state index is 13.2. The van der Waals surface area contributed by atoms with Crippen molar-refractivity contribution in [3.8, 4) is 22.6 Å². The smallest absolute Gasteiger partial charge is 0.229 e. The van der Waals surface area contributed by atoms with Gasteiger partial charge >= 0.3 is 0 Å². The Morgan fingerprint density at radius 3 is 2.40 bits per heavy atom. The Bertz CT molecular complexity index is 1810. The quantitative estimate of drug-likeness (QED) is 0.144. The maximum absolute atomic E-state index is 13.2. The lowest BCUT2D eigenvalue weighted by Gasteiger charge is -2.42. The van der Waals surface area contributed by atoms with Crippen molar-refractivity contribution in [3.05, 3.63) is 72.4 Å². The van der Waals surface area contributed by atoms with Crippen LogP contribution in [-0.2, 0) is 4.57 Å². The zero-order valence-electron chi connectivity index (χ0n) is 28.0. The summed E-state index contributed by atoms with van der Waals surface area (Å²) in [4.78, 5) is 28.5. The van der Waals surface area contributed by atoms with Crippen molar-refractivity contribution in [2.75, 3.05) is 82.3 Å². The summed E-state index contributed by atoms with van der Waals surface area (Å²) < 4.78 is 19.0. The van der Waals surface area contributed by atoms with Crippen molar-refractivity contribution in [1.82, 2.24) is 19.8 Å². The number of nitrogens with zero attached hydrogens (tertiary/aromatic N) is 5. The first kappa shape index (κ1) is 33.5. The fourth-order valence-corrected chi connectivity index (χ4v) is 7.67. The number of piperazine rings is 1. The Morgan fingerprint density at radius 2 is 1.69 bits per heavy atom. The molecule has 3 heterocycles. The molecule has 6 rings (SSSR count). The fourth-order valence-electron chi connectivity index (χ4n) is 6.52. The van der Waals surface area contributed by atoms with E-state index in [1.165, 1.54) is 6.07 Å². The number of aromatic nitrogens is 2. The maximum Gasteiger partial charge on any atom is 0.229 e. The molecule has 0 spiro atoms. The molecule has 48 heavy (non-hydrogen) atoms. The third-order valence-electron chi connectivity index (χ3n) is 9.31. The number of hydrogen-bond donors (Lipinski definition) is 3. The van der Waals surface area contributed by atoms with Gasteiger partial charge in [0.2, 0.25) is 5.95 Å². The third-order valence-corrected chi connectivity index (χ3v) is 10.9. The number of rotatable bonds is 10. The minimum atomic E-state index is -2.63. The summed E-state index contributed by atoms with van der Waals surface area (Å²) in [6, 6.07) is 19.0. The van der Waals surface area contributed by atoms with Crippen molar-refractivity contribution in [2.24, 2.45) is 0 Å². The Hall–Kier alpha value is -4.44. The molecule has 2 saturated heterocycles. The number of phenolic OH excluding ortho intramolecular Hbond substituents is 1. The number of methoxy groups -OCH3 is 1. The lowest BCUT2D eigenvalue weighted by atomic mass is 10.0. The molecule has 2 aliphatic rings. The molecule has 0 aliphatic carbocycles. The molecule has 2 aliphatic heterocycles. The van der Waals surface area contributed by atoms with Gasteiger partial charge in [0.1, 0.15) is 24.5 Å². The molecule has 252 valence electrons. The van der Waals surface area contributed by atoms with Gasteiger partial charge in [-0.1, -0.05) is 18.2 Å². The highest BCUT2D eigenvalue weighted by atomic mass is 31.2. The van der Waals surface area contributed by atoms with Crippen molar-refractivity contribution >= 4 is 47.6 Å². The minimum Gasteiger partial charge on any atom is -0.507 e. The Kier molecular flexibility index (Phi) is 10.0. The average Bonchev–Trinajstić information content (AvgIpc) is 3.09. The largest absolute Gasteiger partial charge is 0.507 e. The van der Waals surface area contributed by atoms with E-state index < -0.39 is 7.14 Å². The van der Waals surface area contributed by atoms with Gasteiger partial charge in [-0.3, -0.25) is 9.69 Å². The van der Waals surface area contributed by atoms with Crippen LogP contribution in [0.4, 0.5) is 28.8 Å². The molecule has 3 aromatic carbocycles. The van der Waals surface area contributed by atoms with Crippen LogP contribution in [0, 0.1) is 0 Å². The molecule has 0 radical (unpaired) electrons. The Labute approximate surface area is 282 Å². The van der Waals surface area contributed by atoms with Crippen LogP contribution in [0.2, 0.25) is 0 Å². The lowest BCUT2D eigenvalue weighted by Crippen LogP contribution is -2.52. The molecule has 4 aromatic rings. The highest BCUT2D eigenvalue weighted by Crippen LogP contribution is 2.40. The summed E-state index contributed by atoms with van der Waals surface area (Å²) in [6.07, 6.45) is 4.55. The molecular formula is C36H44N7O4P. The summed E-state index contributed by atoms with van der Waals surface area (Å²) in [5.74, 6) is 1.33. The number of anilines is 5. The van der Waals surface area contributed by atoms with Crippen LogP contribution < -0.4 is 25.6 Å². The van der Waals surface area contributed by atoms with E-state index in [0.717, 1.165) is 57.8 Å². The van der Waals surface area contributed by atoms with Gasteiger partial charge in [-0.15, -0.1) is 0 Å². The minimum absolute atomic E-state index is 0.111. The normalized spacial score (nSPS) is 16.5. The fraction of sp³-hybridized carbons (Fsp3) is 0.361. The standard InChI is InChI=1S/C36H44N7O4P/c1-41-17-19-43(20-18-41)27-13-15-42(16-14-27)28-10-11-30(33(22-28)47-2)39-36-37-23-29(25-9-12-32(45)26(21-25)24-44)35(40-36)38-31-7-5-6-8-34(31)48(3,4)46/h5-12,21-24,27,45H,13-20H2,1-4H3,(H2,37,38,39,40). The van der Waals surface area contributed by atoms with Gasteiger partial charge in [0.15, 0.2) is 6.29 Å². The molecule has 12 heteroatoms. The zero-order valence-corrected chi connectivity index (χ0v) is 28.9. The predicted molar refractivity (Wildman–Crippen MR) is 194 cm³/mol. The van der Waals surface area contributed by atoms with E-state index in [1.54, 1.807) is 38.8 Å². The summed E-state index contributed by atoms with van der Waals surface area (Å²) >= 11 is 0. The van der Waals surface area contributed by atoms with Gasteiger partial charge in [-0.2, -0.15) is 4.98 Å². The van der Waals surface area contributed by atoms with E-state index >= 15 is 0 Å². The Balaban J connectivity index is 1.25. The second kappa shape index (κ2) is 14.4. The summed E-state index contributed by atoms with van der Waals surface area (Å²) in [5, 5.41) is 17.5. The average molecular weight is 670 g/mol. The van der Waals surface area contributed by atoms with Crippen molar-refractivity contribution < 1.29 is 19.2 Å². The van der Waals surface area contributed by atoms with E-state index in [1.807, 2.05) is 30.3 Å². The number of nitrogens with one attached hydrogen (secondary N) is 2. The number of piperidine rings is 1. The van der Waals surface area contributed by atoms with Gasteiger partial charge < -0.3 is 34.8 Å². The molecule has 3 N–H and O–H groups in total. The number of aromatic hydroxyl groups is 1. The van der Waals surface area contributed by atoms with Gasteiger partial charge in [-0.05, 0) is 75.2 Å². The van der Waals surface area contributed by atoms with Crippen LogP contribution in [0.1, 0.15) is 23.2 Å². The van der Waals surface area contributed by atoms with Crippen LogP contribution in [0.25, 0.3) is 11.1 Å². The molecule has 0 saturated carbocycles. The van der Waals surface area contributed by atoms with Gasteiger partial charge in [0.05, 0.1) is 24.0 Å². The Morgan fingerprint density at radius 1 is 0.938 bits per heavy atom. The first-order chi connectivity index (χ1) is 23.1. The zero-order chi connectivity index (χ0) is 33.8. The second-order valence-electron chi connectivity index (χ2n) is 12.9. The first-order valence-corrected chi connectivity index (χ1v) is 18.9. The number of phenols is 1.